The van der Waals surface area contributed by atoms with Gasteiger partial charge in [-0.1, -0.05) is 38.1 Å². The van der Waals surface area contributed by atoms with Crippen LogP contribution in [-0.4, -0.2) is 21.8 Å². The number of ether oxygens (including phenoxy) is 1. The molecular formula is C28H28N4OS. The summed E-state index contributed by atoms with van der Waals surface area (Å²) in [4.78, 5) is 6.89. The summed E-state index contributed by atoms with van der Waals surface area (Å²) in [5.41, 5.74) is 5.47. The normalized spacial score (nSPS) is 17.8. The molecule has 1 saturated heterocycles. The minimum absolute atomic E-state index is 0.0894. The lowest BCUT2D eigenvalue weighted by Gasteiger charge is -2.29. The van der Waals surface area contributed by atoms with Crippen molar-refractivity contribution in [2.75, 3.05) is 12.0 Å². The van der Waals surface area contributed by atoms with E-state index < -0.39 is 0 Å². The molecule has 6 heteroatoms. The van der Waals surface area contributed by atoms with E-state index in [0.717, 1.165) is 28.5 Å². The number of nitrogens with one attached hydrogen (secondary N) is 1. The number of nitrogens with zero attached hydrogens (tertiary/aromatic N) is 3. The lowest BCUT2D eigenvalue weighted by atomic mass is 9.99. The molecular weight excluding hydrogens is 440 g/mol. The summed E-state index contributed by atoms with van der Waals surface area (Å²) in [6, 6.07) is 26.9. The van der Waals surface area contributed by atoms with Crippen molar-refractivity contribution in [2.45, 2.75) is 31.8 Å². The van der Waals surface area contributed by atoms with E-state index in [9.17, 15) is 0 Å². The molecule has 5 nitrogen and oxygen atoms in total. The van der Waals surface area contributed by atoms with Gasteiger partial charge >= 0.3 is 0 Å². The van der Waals surface area contributed by atoms with Crippen LogP contribution in [0.25, 0.3) is 5.69 Å². The maximum atomic E-state index is 5.89. The zero-order valence-electron chi connectivity index (χ0n) is 19.6. The highest BCUT2D eigenvalue weighted by Gasteiger charge is 2.42. The first-order valence-corrected chi connectivity index (χ1v) is 11.9. The molecule has 4 aromatic rings. The minimum atomic E-state index is -0.0993. The molecule has 172 valence electrons. The molecule has 2 atom stereocenters. The molecule has 0 aliphatic carbocycles. The summed E-state index contributed by atoms with van der Waals surface area (Å²) in [5, 5.41) is 4.24. The fourth-order valence-corrected chi connectivity index (χ4v) is 4.93. The van der Waals surface area contributed by atoms with Crippen molar-refractivity contribution in [3.05, 3.63) is 108 Å². The van der Waals surface area contributed by atoms with E-state index in [4.69, 9.17) is 17.0 Å². The number of thiocarbonyl (C=S) groups is 1. The van der Waals surface area contributed by atoms with E-state index in [-0.39, 0.29) is 12.1 Å². The molecule has 0 bridgehead atoms. The molecule has 0 radical (unpaired) electrons. The molecule has 34 heavy (non-hydrogen) atoms. The van der Waals surface area contributed by atoms with E-state index in [1.165, 1.54) is 5.56 Å². The van der Waals surface area contributed by atoms with Crippen molar-refractivity contribution in [3.63, 3.8) is 0 Å². The van der Waals surface area contributed by atoms with Gasteiger partial charge in [0.15, 0.2) is 5.11 Å². The molecule has 3 heterocycles. The Bertz CT molecular complexity index is 1280. The molecule has 0 amide bonds. The predicted octanol–water partition coefficient (Wildman–Crippen LogP) is 6.18. The number of rotatable bonds is 6. The molecule has 0 spiro atoms. The van der Waals surface area contributed by atoms with Crippen LogP contribution in [0.1, 0.15) is 48.8 Å². The van der Waals surface area contributed by atoms with Gasteiger partial charge in [0.1, 0.15) is 11.8 Å². The first-order valence-electron chi connectivity index (χ1n) is 11.5. The number of anilines is 1. The Hall–Kier alpha value is -3.64. The molecule has 2 aromatic carbocycles. The summed E-state index contributed by atoms with van der Waals surface area (Å²) in [6.07, 6.45) is 3.92. The second-order valence-electron chi connectivity index (χ2n) is 8.75. The standard InChI is InChI=1S/C28H28N4OS/c1-19(2)20-12-14-21(15-13-20)32-27(26(30-28(32)34)24-10-4-5-16-29-24)25-11-7-17-31(25)22-8-6-9-23(18-22)33-3/h4-19,26-27H,1-3H3,(H,30,34)/t26-,27-/m0/s1. The number of benzene rings is 2. The zero-order valence-corrected chi connectivity index (χ0v) is 20.4. The molecule has 0 unspecified atom stereocenters. The minimum Gasteiger partial charge on any atom is -0.497 e. The first-order chi connectivity index (χ1) is 16.6. The van der Waals surface area contributed by atoms with Gasteiger partial charge in [0.05, 0.1) is 18.8 Å². The first kappa shape index (κ1) is 22.2. The fraction of sp³-hybridized carbons (Fsp3) is 0.214. The Balaban J connectivity index is 1.64. The Morgan fingerprint density at radius 2 is 1.76 bits per heavy atom. The second-order valence-corrected chi connectivity index (χ2v) is 9.13. The molecule has 1 aliphatic rings. The average molecular weight is 469 g/mol. The monoisotopic (exact) mass is 468 g/mol. The van der Waals surface area contributed by atoms with E-state index in [2.05, 4.69) is 88.3 Å². The van der Waals surface area contributed by atoms with Crippen LogP contribution in [0.5, 0.6) is 5.75 Å². The van der Waals surface area contributed by atoms with Crippen molar-refractivity contribution < 1.29 is 4.74 Å². The van der Waals surface area contributed by atoms with Gasteiger partial charge in [0, 0.05) is 35.5 Å². The summed E-state index contributed by atoms with van der Waals surface area (Å²) in [5.74, 6) is 1.29. The van der Waals surface area contributed by atoms with Crippen LogP contribution in [0.3, 0.4) is 0 Å². The summed E-state index contributed by atoms with van der Waals surface area (Å²) >= 11 is 5.89. The average Bonchev–Trinajstić information content (AvgIpc) is 3.49. The summed E-state index contributed by atoms with van der Waals surface area (Å²) in [6.45, 7) is 4.41. The van der Waals surface area contributed by atoms with Gasteiger partial charge < -0.3 is 19.5 Å². The number of methoxy groups -OCH3 is 1. The van der Waals surface area contributed by atoms with E-state index in [1.54, 1.807) is 7.11 Å². The van der Waals surface area contributed by atoms with Crippen molar-refractivity contribution in [1.82, 2.24) is 14.9 Å². The topological polar surface area (TPSA) is 42.3 Å². The highest BCUT2D eigenvalue weighted by atomic mass is 32.1. The molecule has 2 aromatic heterocycles. The molecule has 1 fully saturated rings. The van der Waals surface area contributed by atoms with E-state index in [1.807, 2.05) is 36.5 Å². The maximum Gasteiger partial charge on any atom is 0.174 e. The largest absolute Gasteiger partial charge is 0.497 e. The fourth-order valence-electron chi connectivity index (χ4n) is 4.58. The van der Waals surface area contributed by atoms with Gasteiger partial charge in [-0.05, 0) is 72.2 Å². The summed E-state index contributed by atoms with van der Waals surface area (Å²) in [7, 11) is 1.69. The predicted molar refractivity (Wildman–Crippen MR) is 141 cm³/mol. The molecule has 1 aliphatic heterocycles. The van der Waals surface area contributed by atoms with Crippen molar-refractivity contribution >= 4 is 23.0 Å². The highest BCUT2D eigenvalue weighted by molar-refractivity contribution is 7.80. The van der Waals surface area contributed by atoms with Gasteiger partial charge in [-0.3, -0.25) is 4.98 Å². The lowest BCUT2D eigenvalue weighted by Crippen LogP contribution is -2.30. The van der Waals surface area contributed by atoms with Crippen LogP contribution in [0, 0.1) is 0 Å². The zero-order chi connectivity index (χ0) is 23.7. The number of aromatic nitrogens is 2. The highest BCUT2D eigenvalue weighted by Crippen LogP contribution is 2.42. The third kappa shape index (κ3) is 4.05. The Labute approximate surface area is 206 Å². The SMILES string of the molecule is COc1cccc(-n2cccc2[C@H]2[C@H](c3ccccn3)NC(=S)N2c2ccc(C(C)C)cc2)c1. The van der Waals surface area contributed by atoms with Crippen molar-refractivity contribution in [3.8, 4) is 11.4 Å². The maximum absolute atomic E-state index is 5.89. The van der Waals surface area contributed by atoms with Crippen LogP contribution < -0.4 is 15.0 Å². The summed E-state index contributed by atoms with van der Waals surface area (Å²) < 4.78 is 7.68. The van der Waals surface area contributed by atoms with Gasteiger partial charge in [0.2, 0.25) is 0 Å². The molecule has 1 N–H and O–H groups in total. The second kappa shape index (κ2) is 9.31. The number of pyridine rings is 1. The lowest BCUT2D eigenvalue weighted by molar-refractivity contribution is 0.414. The van der Waals surface area contributed by atoms with Crippen LogP contribution in [-0.2, 0) is 0 Å². The van der Waals surface area contributed by atoms with E-state index >= 15 is 0 Å². The smallest absolute Gasteiger partial charge is 0.174 e. The Kier molecular flexibility index (Phi) is 6.07. The van der Waals surface area contributed by atoms with Crippen LogP contribution in [0.4, 0.5) is 5.69 Å². The van der Waals surface area contributed by atoms with Gasteiger partial charge in [-0.15, -0.1) is 0 Å². The van der Waals surface area contributed by atoms with Gasteiger partial charge in [-0.2, -0.15) is 0 Å². The molecule has 5 rings (SSSR count). The van der Waals surface area contributed by atoms with Crippen molar-refractivity contribution in [1.29, 1.82) is 0 Å². The number of hydrogen-bond acceptors (Lipinski definition) is 3. The Morgan fingerprint density at radius 3 is 2.47 bits per heavy atom. The van der Waals surface area contributed by atoms with Crippen LogP contribution in [0.2, 0.25) is 0 Å². The Morgan fingerprint density at radius 1 is 0.941 bits per heavy atom. The quantitative estimate of drug-likeness (QED) is 0.342. The number of hydrogen-bond donors (Lipinski definition) is 1. The van der Waals surface area contributed by atoms with Crippen molar-refractivity contribution in [2.24, 2.45) is 0 Å². The third-order valence-electron chi connectivity index (χ3n) is 6.35. The van der Waals surface area contributed by atoms with E-state index in [0.29, 0.717) is 11.0 Å². The van der Waals surface area contributed by atoms with Crippen LogP contribution in [0.15, 0.2) is 91.3 Å². The molecule has 0 saturated carbocycles. The van der Waals surface area contributed by atoms with Gasteiger partial charge in [0.25, 0.3) is 0 Å². The van der Waals surface area contributed by atoms with Gasteiger partial charge in [-0.25, -0.2) is 0 Å². The van der Waals surface area contributed by atoms with Crippen LogP contribution >= 0.6 is 12.2 Å². The third-order valence-corrected chi connectivity index (χ3v) is 6.67.